The average molecular weight is 324 g/mol. The van der Waals surface area contributed by atoms with Crippen LogP contribution in [0.4, 0.5) is 0 Å². The van der Waals surface area contributed by atoms with Gasteiger partial charge in [0.05, 0.1) is 6.20 Å². The third-order valence-corrected chi connectivity index (χ3v) is 2.75. The quantitative estimate of drug-likeness (QED) is 0.856. The van der Waals surface area contributed by atoms with Crippen LogP contribution in [-0.4, -0.2) is 16.2 Å². The van der Waals surface area contributed by atoms with Crippen molar-refractivity contribution in [2.24, 2.45) is 0 Å². The summed E-state index contributed by atoms with van der Waals surface area (Å²) in [5, 5.41) is 12.2. The van der Waals surface area contributed by atoms with E-state index in [4.69, 9.17) is 14.4 Å². The molecule has 0 atom stereocenters. The molecule has 0 aliphatic carbocycles. The van der Waals surface area contributed by atoms with Gasteiger partial charge in [-0.3, -0.25) is 0 Å². The van der Waals surface area contributed by atoms with Gasteiger partial charge in [-0.2, -0.15) is 0 Å². The van der Waals surface area contributed by atoms with Crippen LogP contribution in [0.5, 0.6) is 5.75 Å². The molecule has 6 heteroatoms. The van der Waals surface area contributed by atoms with Crippen LogP contribution >= 0.6 is 15.9 Å². The summed E-state index contributed by atoms with van der Waals surface area (Å²) < 4.78 is 11.1. The van der Waals surface area contributed by atoms with Crippen molar-refractivity contribution < 1.29 is 19.2 Å². The van der Waals surface area contributed by atoms with E-state index < -0.39 is 5.97 Å². The predicted octanol–water partition coefficient (Wildman–Crippen LogP) is 3.11. The molecule has 1 aromatic carbocycles. The number of carboxylic acids is 1. The molecule has 0 saturated heterocycles. The van der Waals surface area contributed by atoms with Crippen molar-refractivity contribution in [3.63, 3.8) is 0 Å². The number of ether oxygens (including phenoxy) is 1. The Labute approximate surface area is 117 Å². The Bertz CT molecular complexity index is 593. The summed E-state index contributed by atoms with van der Waals surface area (Å²) in [5.74, 6) is -0.424. The van der Waals surface area contributed by atoms with Crippen molar-refractivity contribution in [1.82, 2.24) is 5.16 Å². The Morgan fingerprint density at radius 1 is 1.53 bits per heavy atom. The fourth-order valence-electron chi connectivity index (χ4n) is 1.40. The van der Waals surface area contributed by atoms with Crippen molar-refractivity contribution in [1.29, 1.82) is 0 Å². The second-order valence-electron chi connectivity index (χ2n) is 3.68. The second kappa shape index (κ2) is 6.19. The van der Waals surface area contributed by atoms with Gasteiger partial charge in [-0.15, -0.1) is 0 Å². The molecule has 0 unspecified atom stereocenters. The summed E-state index contributed by atoms with van der Waals surface area (Å²) in [4.78, 5) is 10.6. The van der Waals surface area contributed by atoms with Crippen LogP contribution in [0.25, 0.3) is 6.08 Å². The maximum atomic E-state index is 10.6. The zero-order valence-electron chi connectivity index (χ0n) is 9.75. The van der Waals surface area contributed by atoms with Crippen LogP contribution in [0.1, 0.15) is 11.1 Å². The maximum Gasteiger partial charge on any atom is 0.328 e. The summed E-state index contributed by atoms with van der Waals surface area (Å²) in [5.41, 5.74) is 1.48. The van der Waals surface area contributed by atoms with Gasteiger partial charge in [0.2, 0.25) is 0 Å². The molecule has 0 fully saturated rings. The summed E-state index contributed by atoms with van der Waals surface area (Å²) >= 11 is 3.33. The van der Waals surface area contributed by atoms with E-state index in [1.807, 2.05) is 6.07 Å². The lowest BCUT2D eigenvalue weighted by Gasteiger charge is -2.08. The normalized spacial score (nSPS) is 10.8. The van der Waals surface area contributed by atoms with E-state index in [-0.39, 0.29) is 0 Å². The van der Waals surface area contributed by atoms with Crippen molar-refractivity contribution in [3.05, 3.63) is 52.3 Å². The first kappa shape index (κ1) is 13.4. The molecule has 0 saturated carbocycles. The monoisotopic (exact) mass is 323 g/mol. The van der Waals surface area contributed by atoms with Crippen molar-refractivity contribution in [2.45, 2.75) is 6.61 Å². The largest absolute Gasteiger partial charge is 0.488 e. The van der Waals surface area contributed by atoms with E-state index in [0.29, 0.717) is 17.9 Å². The summed E-state index contributed by atoms with van der Waals surface area (Å²) in [7, 11) is 0. The topological polar surface area (TPSA) is 72.6 Å². The van der Waals surface area contributed by atoms with E-state index in [1.165, 1.54) is 12.3 Å². The molecule has 0 aliphatic heterocycles. The third kappa shape index (κ3) is 3.96. The number of carboxylic acid groups (broad SMARTS) is 1. The van der Waals surface area contributed by atoms with Crippen LogP contribution in [-0.2, 0) is 11.4 Å². The highest BCUT2D eigenvalue weighted by atomic mass is 79.9. The zero-order chi connectivity index (χ0) is 13.7. The molecule has 0 spiro atoms. The molecule has 5 nitrogen and oxygen atoms in total. The van der Waals surface area contributed by atoms with Gasteiger partial charge in [0.15, 0.2) is 0 Å². The molecule has 0 bridgehead atoms. The molecule has 1 N–H and O–H groups in total. The molecular formula is C13H10BrNO4. The standard InChI is InChI=1S/C13H10BrNO4/c14-11-2-3-12(10(5-11)1-4-13(16)17)18-7-9-6-15-19-8-9/h1-6,8H,7H2,(H,16,17)/b4-1+. The zero-order valence-corrected chi connectivity index (χ0v) is 11.3. The molecule has 0 aliphatic rings. The van der Waals surface area contributed by atoms with E-state index in [1.54, 1.807) is 18.3 Å². The fraction of sp³-hybridized carbons (Fsp3) is 0.0769. The smallest absolute Gasteiger partial charge is 0.328 e. The minimum Gasteiger partial charge on any atom is -0.488 e. The summed E-state index contributed by atoms with van der Waals surface area (Å²) in [6.45, 7) is 0.305. The Morgan fingerprint density at radius 3 is 3.05 bits per heavy atom. The highest BCUT2D eigenvalue weighted by Gasteiger charge is 2.04. The molecule has 1 heterocycles. The van der Waals surface area contributed by atoms with Crippen molar-refractivity contribution in [2.75, 3.05) is 0 Å². The SMILES string of the molecule is O=C(O)/C=C/c1cc(Br)ccc1OCc1cnoc1. The van der Waals surface area contributed by atoms with Gasteiger partial charge >= 0.3 is 5.97 Å². The van der Waals surface area contributed by atoms with E-state index >= 15 is 0 Å². The Morgan fingerprint density at radius 2 is 2.37 bits per heavy atom. The lowest BCUT2D eigenvalue weighted by atomic mass is 10.2. The second-order valence-corrected chi connectivity index (χ2v) is 4.59. The van der Waals surface area contributed by atoms with Gasteiger partial charge in [-0.05, 0) is 24.3 Å². The Balaban J connectivity index is 2.16. The first-order valence-corrected chi connectivity index (χ1v) is 6.16. The van der Waals surface area contributed by atoms with Crippen LogP contribution in [0.2, 0.25) is 0 Å². The molecule has 0 radical (unpaired) electrons. The van der Waals surface area contributed by atoms with E-state index in [0.717, 1.165) is 16.1 Å². The highest BCUT2D eigenvalue weighted by Crippen LogP contribution is 2.25. The van der Waals surface area contributed by atoms with Crippen LogP contribution < -0.4 is 4.74 Å². The number of rotatable bonds is 5. The minimum atomic E-state index is -1.01. The number of hydrogen-bond acceptors (Lipinski definition) is 4. The predicted molar refractivity (Wildman–Crippen MR) is 71.6 cm³/mol. The van der Waals surface area contributed by atoms with Crippen LogP contribution in [0.3, 0.4) is 0 Å². The molecule has 19 heavy (non-hydrogen) atoms. The van der Waals surface area contributed by atoms with Gasteiger partial charge in [-0.1, -0.05) is 21.1 Å². The lowest BCUT2D eigenvalue weighted by molar-refractivity contribution is -0.131. The van der Waals surface area contributed by atoms with Crippen LogP contribution in [0.15, 0.2) is 45.7 Å². The number of halogens is 1. The van der Waals surface area contributed by atoms with Gasteiger partial charge in [0.1, 0.15) is 18.6 Å². The summed E-state index contributed by atoms with van der Waals surface area (Å²) in [6.07, 6.45) is 5.60. The van der Waals surface area contributed by atoms with Gasteiger partial charge < -0.3 is 14.4 Å². The molecular weight excluding hydrogens is 314 g/mol. The molecule has 2 rings (SSSR count). The number of nitrogens with zero attached hydrogens (tertiary/aromatic N) is 1. The fourth-order valence-corrected chi connectivity index (χ4v) is 1.78. The first-order valence-electron chi connectivity index (χ1n) is 5.37. The Hall–Kier alpha value is -2.08. The van der Waals surface area contributed by atoms with Gasteiger partial charge in [0, 0.05) is 21.7 Å². The highest BCUT2D eigenvalue weighted by molar-refractivity contribution is 9.10. The van der Waals surface area contributed by atoms with Crippen molar-refractivity contribution >= 4 is 28.0 Å². The average Bonchev–Trinajstić information content (AvgIpc) is 2.88. The summed E-state index contributed by atoms with van der Waals surface area (Å²) in [6, 6.07) is 5.36. The number of aliphatic carboxylic acids is 1. The molecule has 1 aromatic heterocycles. The molecule has 0 amide bonds. The van der Waals surface area contributed by atoms with Crippen molar-refractivity contribution in [3.8, 4) is 5.75 Å². The lowest BCUT2D eigenvalue weighted by Crippen LogP contribution is -1.96. The van der Waals surface area contributed by atoms with Gasteiger partial charge in [-0.25, -0.2) is 4.79 Å². The number of benzene rings is 1. The van der Waals surface area contributed by atoms with Gasteiger partial charge in [0.25, 0.3) is 0 Å². The number of hydrogen-bond donors (Lipinski definition) is 1. The maximum absolute atomic E-state index is 10.6. The molecule has 98 valence electrons. The van der Waals surface area contributed by atoms with Crippen LogP contribution in [0, 0.1) is 0 Å². The number of aromatic nitrogens is 1. The first-order chi connectivity index (χ1) is 9.15. The molecule has 2 aromatic rings. The minimum absolute atomic E-state index is 0.305. The van der Waals surface area contributed by atoms with E-state index in [9.17, 15) is 4.79 Å². The van der Waals surface area contributed by atoms with E-state index in [2.05, 4.69) is 21.1 Å². The number of carbonyl (C=O) groups is 1. The third-order valence-electron chi connectivity index (χ3n) is 2.26. The Kier molecular flexibility index (Phi) is 4.35.